The van der Waals surface area contributed by atoms with E-state index in [1.807, 2.05) is 12.1 Å². The molecule has 23 heavy (non-hydrogen) atoms. The Morgan fingerprint density at radius 1 is 1.30 bits per heavy atom. The van der Waals surface area contributed by atoms with Crippen LogP contribution < -0.4 is 9.47 Å². The van der Waals surface area contributed by atoms with E-state index in [1.54, 1.807) is 31.3 Å². The molecule has 1 aromatic rings. The van der Waals surface area contributed by atoms with Crippen molar-refractivity contribution in [3.63, 3.8) is 0 Å². The predicted molar refractivity (Wildman–Crippen MR) is 83.7 cm³/mol. The zero-order valence-electron chi connectivity index (χ0n) is 13.6. The highest BCUT2D eigenvalue weighted by atomic mass is 16.5. The van der Waals surface area contributed by atoms with Gasteiger partial charge in [-0.25, -0.2) is 0 Å². The molecular formula is C17H23NO5. The maximum absolute atomic E-state index is 12.3. The molecule has 6 heteroatoms. The number of para-hydroxylation sites is 2. The quantitative estimate of drug-likeness (QED) is 0.791. The molecular weight excluding hydrogens is 298 g/mol. The molecule has 0 aromatic heterocycles. The minimum atomic E-state index is -0.212. The van der Waals surface area contributed by atoms with Crippen molar-refractivity contribution in [2.45, 2.75) is 12.0 Å². The number of benzene rings is 1. The summed E-state index contributed by atoms with van der Waals surface area (Å²) in [7, 11) is 3.28. The highest BCUT2D eigenvalue weighted by Crippen LogP contribution is 2.40. The van der Waals surface area contributed by atoms with Crippen molar-refractivity contribution in [1.29, 1.82) is 0 Å². The third-order valence-corrected chi connectivity index (χ3v) is 4.66. The number of hydrogen-bond donors (Lipinski definition) is 0. The molecule has 0 N–H and O–H groups in total. The fraction of sp³-hybridized carbons (Fsp3) is 0.588. The van der Waals surface area contributed by atoms with Gasteiger partial charge in [-0.1, -0.05) is 12.1 Å². The SMILES string of the molecule is COC[C@@H]1CCOC12CN(C(=O)COc1ccccc1OC)C2. The van der Waals surface area contributed by atoms with Crippen LogP contribution >= 0.6 is 0 Å². The molecule has 0 unspecified atom stereocenters. The van der Waals surface area contributed by atoms with E-state index in [1.165, 1.54) is 0 Å². The van der Waals surface area contributed by atoms with E-state index in [0.717, 1.165) is 13.0 Å². The summed E-state index contributed by atoms with van der Waals surface area (Å²) in [4.78, 5) is 14.1. The molecule has 1 amide bonds. The lowest BCUT2D eigenvalue weighted by atomic mass is 9.81. The number of likely N-dealkylation sites (tertiary alicyclic amines) is 1. The minimum Gasteiger partial charge on any atom is -0.493 e. The first-order chi connectivity index (χ1) is 11.2. The largest absolute Gasteiger partial charge is 0.493 e. The zero-order valence-corrected chi connectivity index (χ0v) is 13.6. The zero-order chi connectivity index (χ0) is 16.3. The number of carbonyl (C=O) groups is 1. The van der Waals surface area contributed by atoms with Gasteiger partial charge in [0.2, 0.25) is 0 Å². The Morgan fingerprint density at radius 2 is 2.04 bits per heavy atom. The van der Waals surface area contributed by atoms with Crippen molar-refractivity contribution in [3.05, 3.63) is 24.3 Å². The van der Waals surface area contributed by atoms with Gasteiger partial charge in [0.05, 0.1) is 26.8 Å². The van der Waals surface area contributed by atoms with E-state index in [-0.39, 0.29) is 18.1 Å². The molecule has 126 valence electrons. The summed E-state index contributed by atoms with van der Waals surface area (Å²) in [6, 6.07) is 7.31. The van der Waals surface area contributed by atoms with Gasteiger partial charge in [0.25, 0.3) is 5.91 Å². The number of nitrogens with zero attached hydrogens (tertiary/aromatic N) is 1. The second-order valence-electron chi connectivity index (χ2n) is 6.04. The second-order valence-corrected chi connectivity index (χ2v) is 6.04. The summed E-state index contributed by atoms with van der Waals surface area (Å²) in [5, 5.41) is 0. The summed E-state index contributed by atoms with van der Waals surface area (Å²) in [6.45, 7) is 2.67. The number of amides is 1. The molecule has 6 nitrogen and oxygen atoms in total. The first kappa shape index (κ1) is 16.1. The standard InChI is InChI=1S/C17H23NO5/c1-20-9-13-7-8-23-17(13)11-18(12-17)16(19)10-22-15-6-4-3-5-14(15)21-2/h3-6,13H,7-12H2,1-2H3/t13-/m0/s1. The molecule has 0 radical (unpaired) electrons. The first-order valence-electron chi connectivity index (χ1n) is 7.85. The molecule has 1 spiro atoms. The molecule has 2 saturated heterocycles. The van der Waals surface area contributed by atoms with Gasteiger partial charge in [-0.05, 0) is 18.6 Å². The normalized spacial score (nSPS) is 22.0. The highest BCUT2D eigenvalue weighted by molar-refractivity contribution is 5.79. The molecule has 2 aliphatic rings. The van der Waals surface area contributed by atoms with Crippen LogP contribution in [0.1, 0.15) is 6.42 Å². The summed E-state index contributed by atoms with van der Waals surface area (Å²) in [5.74, 6) is 1.53. The molecule has 3 rings (SSSR count). The van der Waals surface area contributed by atoms with Gasteiger partial charge >= 0.3 is 0 Å². The predicted octanol–water partition coefficient (Wildman–Crippen LogP) is 1.34. The van der Waals surface area contributed by atoms with Crippen LogP contribution in [-0.2, 0) is 14.3 Å². The van der Waals surface area contributed by atoms with E-state index in [0.29, 0.717) is 37.1 Å². The van der Waals surface area contributed by atoms with Crippen molar-refractivity contribution in [1.82, 2.24) is 4.90 Å². The maximum Gasteiger partial charge on any atom is 0.260 e. The van der Waals surface area contributed by atoms with Crippen molar-refractivity contribution < 1.29 is 23.7 Å². The topological polar surface area (TPSA) is 57.2 Å². The molecule has 2 heterocycles. The smallest absolute Gasteiger partial charge is 0.260 e. The molecule has 1 atom stereocenters. The molecule has 1 aromatic carbocycles. The Hall–Kier alpha value is -1.79. The molecule has 2 aliphatic heterocycles. The molecule has 0 bridgehead atoms. The Morgan fingerprint density at radius 3 is 2.74 bits per heavy atom. The third-order valence-electron chi connectivity index (χ3n) is 4.66. The van der Waals surface area contributed by atoms with Crippen LogP contribution in [0, 0.1) is 5.92 Å². The summed E-state index contributed by atoms with van der Waals surface area (Å²) < 4.78 is 22.0. The summed E-state index contributed by atoms with van der Waals surface area (Å²) in [5.41, 5.74) is -0.212. The van der Waals surface area contributed by atoms with Gasteiger partial charge in [-0.3, -0.25) is 4.79 Å². The van der Waals surface area contributed by atoms with Gasteiger partial charge in [-0.15, -0.1) is 0 Å². The average Bonchev–Trinajstić information content (AvgIpc) is 2.95. The van der Waals surface area contributed by atoms with E-state index >= 15 is 0 Å². The van der Waals surface area contributed by atoms with Gasteiger partial charge in [0, 0.05) is 19.6 Å². The van der Waals surface area contributed by atoms with E-state index < -0.39 is 0 Å². The van der Waals surface area contributed by atoms with Gasteiger partial charge < -0.3 is 23.8 Å². The monoisotopic (exact) mass is 321 g/mol. The van der Waals surface area contributed by atoms with Crippen molar-refractivity contribution in [3.8, 4) is 11.5 Å². The van der Waals surface area contributed by atoms with Crippen molar-refractivity contribution >= 4 is 5.91 Å². The van der Waals surface area contributed by atoms with Crippen LogP contribution in [0.4, 0.5) is 0 Å². The molecule has 2 fully saturated rings. The first-order valence-corrected chi connectivity index (χ1v) is 7.85. The Balaban J connectivity index is 1.51. The molecule has 0 saturated carbocycles. The maximum atomic E-state index is 12.3. The van der Waals surface area contributed by atoms with Crippen LogP contribution in [0.2, 0.25) is 0 Å². The average molecular weight is 321 g/mol. The molecule has 0 aliphatic carbocycles. The fourth-order valence-corrected chi connectivity index (χ4v) is 3.32. The lowest BCUT2D eigenvalue weighted by molar-refractivity contribution is -0.169. The fourth-order valence-electron chi connectivity index (χ4n) is 3.32. The second kappa shape index (κ2) is 6.76. The van der Waals surface area contributed by atoms with Gasteiger partial charge in [0.15, 0.2) is 18.1 Å². The third kappa shape index (κ3) is 3.14. The van der Waals surface area contributed by atoms with Crippen LogP contribution in [-0.4, -0.2) is 63.5 Å². The van der Waals surface area contributed by atoms with Gasteiger partial charge in [-0.2, -0.15) is 0 Å². The van der Waals surface area contributed by atoms with E-state index in [9.17, 15) is 4.79 Å². The summed E-state index contributed by atoms with van der Waals surface area (Å²) >= 11 is 0. The highest BCUT2D eigenvalue weighted by Gasteiger charge is 2.54. The van der Waals surface area contributed by atoms with E-state index in [4.69, 9.17) is 18.9 Å². The van der Waals surface area contributed by atoms with Crippen LogP contribution in [0.15, 0.2) is 24.3 Å². The number of methoxy groups -OCH3 is 2. The van der Waals surface area contributed by atoms with Crippen LogP contribution in [0.3, 0.4) is 0 Å². The van der Waals surface area contributed by atoms with Crippen LogP contribution in [0.5, 0.6) is 11.5 Å². The number of ether oxygens (including phenoxy) is 4. The van der Waals surface area contributed by atoms with Gasteiger partial charge in [0.1, 0.15) is 5.60 Å². The Kier molecular flexibility index (Phi) is 4.73. The summed E-state index contributed by atoms with van der Waals surface area (Å²) in [6.07, 6.45) is 0.994. The lowest BCUT2D eigenvalue weighted by Crippen LogP contribution is -2.67. The minimum absolute atomic E-state index is 0.00535. The number of rotatable bonds is 6. The Bertz CT molecular complexity index is 556. The lowest BCUT2D eigenvalue weighted by Gasteiger charge is -2.50. The van der Waals surface area contributed by atoms with Crippen molar-refractivity contribution in [2.24, 2.45) is 5.92 Å². The Labute approximate surface area is 136 Å². The van der Waals surface area contributed by atoms with Crippen LogP contribution in [0.25, 0.3) is 0 Å². The van der Waals surface area contributed by atoms with E-state index in [2.05, 4.69) is 0 Å². The number of carbonyl (C=O) groups excluding carboxylic acids is 1. The van der Waals surface area contributed by atoms with Crippen molar-refractivity contribution in [2.75, 3.05) is 47.1 Å². The number of hydrogen-bond acceptors (Lipinski definition) is 5.